The van der Waals surface area contributed by atoms with Crippen molar-refractivity contribution in [2.75, 3.05) is 0 Å². The second-order valence-electron chi connectivity index (χ2n) is 5.99. The van der Waals surface area contributed by atoms with Crippen LogP contribution in [0.15, 0.2) is 48.5 Å². The van der Waals surface area contributed by atoms with Gasteiger partial charge in [-0.3, -0.25) is 14.9 Å². The summed E-state index contributed by atoms with van der Waals surface area (Å²) in [6.45, 7) is 4.16. The second kappa shape index (κ2) is 7.93. The van der Waals surface area contributed by atoms with Gasteiger partial charge in [0.2, 0.25) is 0 Å². The van der Waals surface area contributed by atoms with Crippen LogP contribution in [-0.2, 0) is 0 Å². The maximum Gasteiger partial charge on any atom is 0.288 e. The van der Waals surface area contributed by atoms with Gasteiger partial charge in [0.05, 0.1) is 11.0 Å². The molecule has 1 amide bonds. The first kappa shape index (κ1) is 17.9. The topological polar surface area (TPSA) is 72.2 Å². The molecule has 1 N–H and O–H groups in total. The van der Waals surface area contributed by atoms with Gasteiger partial charge in [0.25, 0.3) is 11.6 Å². The fraction of sp³-hybridized carbons (Fsp3) is 0.278. The molecule has 0 radical (unpaired) electrons. The van der Waals surface area contributed by atoms with Crippen molar-refractivity contribution in [1.82, 2.24) is 5.32 Å². The van der Waals surface area contributed by atoms with Crippen molar-refractivity contribution in [3.63, 3.8) is 0 Å². The van der Waals surface area contributed by atoms with Crippen LogP contribution in [0.4, 0.5) is 5.69 Å². The highest BCUT2D eigenvalue weighted by Gasteiger charge is 2.20. The zero-order valence-electron chi connectivity index (χ0n) is 13.5. The summed E-state index contributed by atoms with van der Waals surface area (Å²) in [5, 5.41) is 13.9. The number of rotatable bonds is 6. The Kier molecular flexibility index (Phi) is 5.93. The summed E-state index contributed by atoms with van der Waals surface area (Å²) >= 11 is 5.79. The lowest BCUT2D eigenvalue weighted by molar-refractivity contribution is -0.384. The van der Waals surface area contributed by atoms with Gasteiger partial charge < -0.3 is 5.32 Å². The average Bonchev–Trinajstić information content (AvgIpc) is 2.54. The third kappa shape index (κ3) is 4.55. The zero-order chi connectivity index (χ0) is 17.7. The number of amides is 1. The Labute approximate surface area is 145 Å². The lowest BCUT2D eigenvalue weighted by Crippen LogP contribution is -2.29. The largest absolute Gasteiger partial charge is 0.345 e. The van der Waals surface area contributed by atoms with Crippen LogP contribution >= 0.6 is 11.6 Å². The van der Waals surface area contributed by atoms with Crippen molar-refractivity contribution in [2.45, 2.75) is 26.3 Å². The number of halogens is 1. The van der Waals surface area contributed by atoms with E-state index in [1.165, 1.54) is 18.2 Å². The normalized spacial score (nSPS) is 12.0. The number of nitrogens with one attached hydrogen (secondary N) is 1. The maximum absolute atomic E-state index is 12.5. The first-order valence-electron chi connectivity index (χ1n) is 7.68. The molecular formula is C18H19ClN2O3. The van der Waals surface area contributed by atoms with Crippen LogP contribution in [0.3, 0.4) is 0 Å². The van der Waals surface area contributed by atoms with E-state index >= 15 is 0 Å². The van der Waals surface area contributed by atoms with Crippen LogP contribution in [0.2, 0.25) is 5.02 Å². The Morgan fingerprint density at radius 2 is 1.88 bits per heavy atom. The number of nitro benzene ring substituents is 1. The molecule has 0 heterocycles. The van der Waals surface area contributed by atoms with E-state index in [1.54, 1.807) is 0 Å². The number of nitro groups is 1. The molecule has 0 aliphatic heterocycles. The summed E-state index contributed by atoms with van der Waals surface area (Å²) in [7, 11) is 0. The first-order valence-corrected chi connectivity index (χ1v) is 8.06. The second-order valence-corrected chi connectivity index (χ2v) is 6.40. The van der Waals surface area contributed by atoms with E-state index in [2.05, 4.69) is 19.2 Å². The molecule has 0 fully saturated rings. The van der Waals surface area contributed by atoms with Crippen LogP contribution < -0.4 is 5.32 Å². The molecule has 1 atom stereocenters. The molecule has 2 rings (SSSR count). The molecule has 0 saturated heterocycles. The number of carbonyl (C=O) groups is 1. The molecule has 2 aromatic rings. The summed E-state index contributed by atoms with van der Waals surface area (Å²) in [6.07, 6.45) is 0.769. The van der Waals surface area contributed by atoms with Crippen molar-refractivity contribution in [3.05, 3.63) is 74.8 Å². The van der Waals surface area contributed by atoms with Gasteiger partial charge >= 0.3 is 0 Å². The molecule has 6 heteroatoms. The van der Waals surface area contributed by atoms with Crippen molar-refractivity contribution >= 4 is 23.2 Å². The maximum atomic E-state index is 12.5. The summed E-state index contributed by atoms with van der Waals surface area (Å²) in [5.41, 5.74) is 0.947. The molecule has 0 aliphatic carbocycles. The standard InChI is InChI=1S/C18H19ClN2O3/c1-12(2)10-16(13-6-4-3-5-7-13)20-18(22)14-8-9-15(19)17(11-14)21(23)24/h3-9,11-12,16H,10H2,1-2H3,(H,20,22)/t16-/m1/s1. The fourth-order valence-electron chi connectivity index (χ4n) is 2.47. The highest BCUT2D eigenvalue weighted by Crippen LogP contribution is 2.26. The predicted octanol–water partition coefficient (Wildman–Crippen LogP) is 4.77. The molecular weight excluding hydrogens is 328 g/mol. The first-order chi connectivity index (χ1) is 11.4. The van der Waals surface area contributed by atoms with Crippen LogP contribution in [0, 0.1) is 16.0 Å². The smallest absolute Gasteiger partial charge is 0.288 e. The highest BCUT2D eigenvalue weighted by molar-refractivity contribution is 6.32. The third-order valence-electron chi connectivity index (χ3n) is 3.62. The van der Waals surface area contributed by atoms with Crippen molar-refractivity contribution in [2.24, 2.45) is 5.92 Å². The van der Waals surface area contributed by atoms with E-state index < -0.39 is 4.92 Å². The number of benzene rings is 2. The van der Waals surface area contributed by atoms with Crippen molar-refractivity contribution < 1.29 is 9.72 Å². The quantitative estimate of drug-likeness (QED) is 0.605. The molecule has 0 saturated carbocycles. The number of hydrogen-bond donors (Lipinski definition) is 1. The van der Waals surface area contributed by atoms with Crippen LogP contribution in [0.25, 0.3) is 0 Å². The zero-order valence-corrected chi connectivity index (χ0v) is 14.3. The number of hydrogen-bond acceptors (Lipinski definition) is 3. The summed E-state index contributed by atoms with van der Waals surface area (Å²) in [6, 6.07) is 13.6. The molecule has 0 bridgehead atoms. The summed E-state index contributed by atoms with van der Waals surface area (Å²) in [4.78, 5) is 22.9. The van der Waals surface area contributed by atoms with Crippen LogP contribution in [0.5, 0.6) is 0 Å². The highest BCUT2D eigenvalue weighted by atomic mass is 35.5. The Morgan fingerprint density at radius 1 is 1.21 bits per heavy atom. The lowest BCUT2D eigenvalue weighted by atomic mass is 9.96. The van der Waals surface area contributed by atoms with Gasteiger partial charge in [0.15, 0.2) is 0 Å². The van der Waals surface area contributed by atoms with Gasteiger partial charge in [-0.2, -0.15) is 0 Å². The Hall–Kier alpha value is -2.40. The fourth-order valence-corrected chi connectivity index (χ4v) is 2.66. The third-order valence-corrected chi connectivity index (χ3v) is 3.94. The molecule has 0 aromatic heterocycles. The van der Waals surface area contributed by atoms with Gasteiger partial charge in [-0.15, -0.1) is 0 Å². The molecule has 126 valence electrons. The van der Waals surface area contributed by atoms with Crippen molar-refractivity contribution in [3.8, 4) is 0 Å². The van der Waals surface area contributed by atoms with Gasteiger partial charge in [0, 0.05) is 11.6 Å². The van der Waals surface area contributed by atoms with Crippen molar-refractivity contribution in [1.29, 1.82) is 0 Å². The van der Waals surface area contributed by atoms with Gasteiger partial charge in [-0.25, -0.2) is 0 Å². The minimum atomic E-state index is -0.595. The molecule has 5 nitrogen and oxygen atoms in total. The molecule has 2 aromatic carbocycles. The average molecular weight is 347 g/mol. The molecule has 24 heavy (non-hydrogen) atoms. The van der Waals surface area contributed by atoms with E-state index in [1.807, 2.05) is 30.3 Å². The Balaban J connectivity index is 2.25. The van der Waals surface area contributed by atoms with E-state index in [0.717, 1.165) is 12.0 Å². The van der Waals surface area contributed by atoms with Crippen LogP contribution in [-0.4, -0.2) is 10.8 Å². The summed E-state index contributed by atoms with van der Waals surface area (Å²) < 4.78 is 0. The molecule has 0 spiro atoms. The Morgan fingerprint density at radius 3 is 2.46 bits per heavy atom. The minimum absolute atomic E-state index is 0.0124. The molecule has 0 aliphatic rings. The molecule has 0 unspecified atom stereocenters. The number of carbonyl (C=O) groups excluding carboxylic acids is 1. The Bertz CT molecular complexity index is 732. The van der Waals surface area contributed by atoms with E-state index in [-0.39, 0.29) is 28.2 Å². The predicted molar refractivity (Wildman–Crippen MR) is 94.2 cm³/mol. The lowest BCUT2D eigenvalue weighted by Gasteiger charge is -2.21. The summed E-state index contributed by atoms with van der Waals surface area (Å²) in [5.74, 6) is 0.0272. The van der Waals surface area contributed by atoms with Gasteiger partial charge in [-0.05, 0) is 30.0 Å². The van der Waals surface area contributed by atoms with Gasteiger partial charge in [0.1, 0.15) is 5.02 Å². The minimum Gasteiger partial charge on any atom is -0.345 e. The van der Waals surface area contributed by atoms with Gasteiger partial charge in [-0.1, -0.05) is 55.8 Å². The van der Waals surface area contributed by atoms with E-state index in [0.29, 0.717) is 5.92 Å². The number of nitrogens with zero attached hydrogens (tertiary/aromatic N) is 1. The van der Waals surface area contributed by atoms with E-state index in [9.17, 15) is 14.9 Å². The van der Waals surface area contributed by atoms with E-state index in [4.69, 9.17) is 11.6 Å². The van der Waals surface area contributed by atoms with Crippen LogP contribution in [0.1, 0.15) is 42.2 Å². The SMILES string of the molecule is CC(C)C[C@@H](NC(=O)c1ccc(Cl)c([N+](=O)[O-])c1)c1ccccc1. The monoisotopic (exact) mass is 346 g/mol.